The average molecular weight is 343 g/mol. The molecule has 1 aromatic heterocycles. The molecule has 0 bridgehead atoms. The van der Waals surface area contributed by atoms with E-state index in [-0.39, 0.29) is 5.91 Å². The van der Waals surface area contributed by atoms with Gasteiger partial charge in [0.15, 0.2) is 0 Å². The summed E-state index contributed by atoms with van der Waals surface area (Å²) >= 11 is 0. The summed E-state index contributed by atoms with van der Waals surface area (Å²) in [4.78, 5) is 16.5. The van der Waals surface area contributed by atoms with Gasteiger partial charge in [0, 0.05) is 45.2 Å². The van der Waals surface area contributed by atoms with Crippen molar-refractivity contribution in [3.63, 3.8) is 0 Å². The monoisotopic (exact) mass is 343 g/mol. The van der Waals surface area contributed by atoms with Gasteiger partial charge in [-0.05, 0) is 31.2 Å². The van der Waals surface area contributed by atoms with E-state index in [9.17, 15) is 4.79 Å². The van der Waals surface area contributed by atoms with Gasteiger partial charge in [-0.25, -0.2) is 0 Å². The highest BCUT2D eigenvalue weighted by Crippen LogP contribution is 2.19. The number of carbonyl (C=O) groups excluding carboxylic acids is 1. The Morgan fingerprint density at radius 1 is 1.44 bits per heavy atom. The number of nitrogens with zero attached hydrogens (tertiary/aromatic N) is 4. The first-order valence-corrected chi connectivity index (χ1v) is 8.57. The summed E-state index contributed by atoms with van der Waals surface area (Å²) in [7, 11) is 3.75. The van der Waals surface area contributed by atoms with E-state index >= 15 is 0 Å². The summed E-state index contributed by atoms with van der Waals surface area (Å²) in [6.07, 6.45) is 1.11. The number of aryl methyl sites for hydroxylation is 1. The van der Waals surface area contributed by atoms with Crippen LogP contribution in [0.25, 0.3) is 0 Å². The first-order valence-electron chi connectivity index (χ1n) is 8.57. The number of carbonyl (C=O) groups is 1. The Morgan fingerprint density at radius 2 is 2.28 bits per heavy atom. The van der Waals surface area contributed by atoms with Gasteiger partial charge in [-0.2, -0.15) is 0 Å². The van der Waals surface area contributed by atoms with E-state index in [0.29, 0.717) is 29.9 Å². The molecule has 1 aliphatic heterocycles. The van der Waals surface area contributed by atoms with Crippen LogP contribution >= 0.6 is 0 Å². The average Bonchev–Trinajstić information content (AvgIpc) is 3.23. The first-order chi connectivity index (χ1) is 12.0. The van der Waals surface area contributed by atoms with Gasteiger partial charge >= 0.3 is 0 Å². The molecule has 7 nitrogen and oxygen atoms in total. The lowest BCUT2D eigenvalue weighted by atomic mass is 10.1. The number of likely N-dealkylation sites (tertiary alicyclic amines) is 1. The highest BCUT2D eigenvalue weighted by molar-refractivity contribution is 5.94. The van der Waals surface area contributed by atoms with Crippen molar-refractivity contribution in [1.29, 1.82) is 0 Å². The van der Waals surface area contributed by atoms with Crippen molar-refractivity contribution in [2.45, 2.75) is 32.5 Å². The Labute approximate surface area is 148 Å². The molecule has 0 aliphatic carbocycles. The molecular formula is C18H25N5O2. The molecular weight excluding hydrogens is 318 g/mol. The number of nitrogens with one attached hydrogen (secondary N) is 1. The first kappa shape index (κ1) is 17.6. The number of rotatable bonds is 6. The van der Waals surface area contributed by atoms with Crippen molar-refractivity contribution in [1.82, 2.24) is 25.3 Å². The third-order valence-corrected chi connectivity index (χ3v) is 4.65. The molecule has 0 unspecified atom stereocenters. The lowest BCUT2D eigenvalue weighted by Crippen LogP contribution is -2.34. The van der Waals surface area contributed by atoms with Gasteiger partial charge in [-0.15, -0.1) is 10.2 Å². The number of likely N-dealkylation sites (N-methyl/N-ethyl adjacent to an activating group) is 1. The zero-order chi connectivity index (χ0) is 17.8. The van der Waals surface area contributed by atoms with Crippen molar-refractivity contribution in [3.05, 3.63) is 47.2 Å². The Hall–Kier alpha value is -2.25. The maximum Gasteiger partial charge on any atom is 0.251 e. The summed E-state index contributed by atoms with van der Waals surface area (Å²) in [5.74, 6) is 1.22. The second-order valence-electron chi connectivity index (χ2n) is 6.59. The minimum Gasteiger partial charge on any atom is -0.424 e. The van der Waals surface area contributed by atoms with E-state index in [4.69, 9.17) is 4.42 Å². The fourth-order valence-corrected chi connectivity index (χ4v) is 3.27. The van der Waals surface area contributed by atoms with E-state index in [1.54, 1.807) is 14.0 Å². The zero-order valence-electron chi connectivity index (χ0n) is 15.0. The lowest BCUT2D eigenvalue weighted by Gasteiger charge is -2.23. The number of amides is 1. The van der Waals surface area contributed by atoms with Crippen LogP contribution < -0.4 is 5.32 Å². The normalized spacial score (nSPS) is 18.0. The van der Waals surface area contributed by atoms with Crippen LogP contribution in [0.4, 0.5) is 0 Å². The predicted octanol–water partition coefficient (Wildman–Crippen LogP) is 1.44. The third kappa shape index (κ3) is 4.43. The molecule has 2 heterocycles. The van der Waals surface area contributed by atoms with Crippen molar-refractivity contribution >= 4 is 5.91 Å². The number of aromatic nitrogens is 2. The maximum atomic E-state index is 11.8. The number of benzene rings is 1. The summed E-state index contributed by atoms with van der Waals surface area (Å²) in [5.41, 5.74) is 1.87. The van der Waals surface area contributed by atoms with Crippen LogP contribution in [0.2, 0.25) is 0 Å². The Morgan fingerprint density at radius 3 is 3.00 bits per heavy atom. The molecule has 7 heteroatoms. The van der Waals surface area contributed by atoms with Gasteiger partial charge < -0.3 is 9.73 Å². The van der Waals surface area contributed by atoms with Crippen molar-refractivity contribution in [2.24, 2.45) is 0 Å². The number of hydrogen-bond donors (Lipinski definition) is 1. The molecule has 0 spiro atoms. The smallest absolute Gasteiger partial charge is 0.251 e. The molecule has 2 aromatic rings. The lowest BCUT2D eigenvalue weighted by molar-refractivity contribution is 0.0963. The molecule has 1 amide bonds. The van der Waals surface area contributed by atoms with Crippen molar-refractivity contribution in [2.75, 3.05) is 27.2 Å². The highest BCUT2D eigenvalue weighted by atomic mass is 16.4. The predicted molar refractivity (Wildman–Crippen MR) is 94.0 cm³/mol. The Kier molecular flexibility index (Phi) is 5.45. The van der Waals surface area contributed by atoms with Gasteiger partial charge in [-0.3, -0.25) is 14.6 Å². The van der Waals surface area contributed by atoms with Gasteiger partial charge in [0.25, 0.3) is 5.91 Å². The fraction of sp³-hybridized carbons (Fsp3) is 0.500. The largest absolute Gasteiger partial charge is 0.424 e. The molecule has 134 valence electrons. The molecule has 1 atom stereocenters. The third-order valence-electron chi connectivity index (χ3n) is 4.65. The van der Waals surface area contributed by atoms with E-state index < -0.39 is 0 Å². The molecule has 3 rings (SSSR count). The second kappa shape index (κ2) is 7.76. The van der Waals surface area contributed by atoms with Gasteiger partial charge in [-0.1, -0.05) is 12.1 Å². The van der Waals surface area contributed by atoms with Crippen LogP contribution in [0, 0.1) is 6.92 Å². The molecule has 1 saturated heterocycles. The van der Waals surface area contributed by atoms with E-state index in [1.165, 1.54) is 0 Å². The molecule has 25 heavy (non-hydrogen) atoms. The minimum atomic E-state index is -0.0456. The highest BCUT2D eigenvalue weighted by Gasteiger charge is 2.26. The van der Waals surface area contributed by atoms with Crippen molar-refractivity contribution in [3.8, 4) is 0 Å². The van der Waals surface area contributed by atoms with Crippen molar-refractivity contribution < 1.29 is 9.21 Å². The molecule has 1 aliphatic rings. The Balaban J connectivity index is 1.55. The summed E-state index contributed by atoms with van der Waals surface area (Å²) in [6, 6.07) is 8.29. The fourth-order valence-electron chi connectivity index (χ4n) is 3.27. The van der Waals surface area contributed by atoms with Gasteiger partial charge in [0.05, 0.1) is 6.54 Å². The molecule has 0 saturated carbocycles. The summed E-state index contributed by atoms with van der Waals surface area (Å²) in [5, 5.41) is 10.6. The standard InChI is InChI=1S/C18H25N5O2/c1-13-20-21-17(25-13)12-22(3)16-7-8-23(11-16)10-14-5-4-6-15(9-14)18(24)19-2/h4-6,9,16H,7-8,10-12H2,1-3H3,(H,19,24)/t16-/m1/s1. The van der Waals surface area contributed by atoms with Crippen LogP contribution in [-0.4, -0.2) is 59.1 Å². The van der Waals surface area contributed by atoms with E-state index in [2.05, 4.69) is 38.4 Å². The summed E-state index contributed by atoms with van der Waals surface area (Å²) in [6.45, 7) is 5.37. The second-order valence-corrected chi connectivity index (χ2v) is 6.59. The zero-order valence-corrected chi connectivity index (χ0v) is 15.0. The molecule has 1 N–H and O–H groups in total. The molecule has 1 fully saturated rings. The molecule has 0 radical (unpaired) electrons. The van der Waals surface area contributed by atoms with E-state index in [1.807, 2.05) is 18.2 Å². The van der Waals surface area contributed by atoms with Crippen LogP contribution in [0.15, 0.2) is 28.7 Å². The van der Waals surface area contributed by atoms with Crippen LogP contribution in [-0.2, 0) is 13.1 Å². The van der Waals surface area contributed by atoms with Crippen LogP contribution in [0.1, 0.15) is 34.1 Å². The maximum absolute atomic E-state index is 11.8. The van der Waals surface area contributed by atoms with Gasteiger partial charge in [0.1, 0.15) is 0 Å². The number of hydrogen-bond acceptors (Lipinski definition) is 6. The Bertz CT molecular complexity index is 730. The van der Waals surface area contributed by atoms with E-state index in [0.717, 1.165) is 31.6 Å². The quantitative estimate of drug-likeness (QED) is 0.856. The topological polar surface area (TPSA) is 74.5 Å². The SMILES string of the molecule is CNC(=O)c1cccc(CN2CC[C@@H](N(C)Cc3nnc(C)o3)C2)c1. The van der Waals surface area contributed by atoms with Gasteiger partial charge in [0.2, 0.25) is 11.8 Å². The summed E-state index contributed by atoms with van der Waals surface area (Å²) < 4.78 is 5.47. The van der Waals surface area contributed by atoms with Crippen LogP contribution in [0.3, 0.4) is 0 Å². The molecule has 1 aromatic carbocycles. The van der Waals surface area contributed by atoms with Crippen LogP contribution in [0.5, 0.6) is 0 Å². The minimum absolute atomic E-state index is 0.0456.